The Morgan fingerprint density at radius 2 is 1.47 bits per heavy atom. The molecule has 0 spiro atoms. The van der Waals surface area contributed by atoms with Crippen LogP contribution in [0, 0.1) is 25.6 Å². The van der Waals surface area contributed by atoms with Crippen molar-refractivity contribution in [3.05, 3.63) is 43.5 Å². The first-order chi connectivity index (χ1) is 8.58. The first-order valence-electron chi connectivity index (χ1n) is 6.04. The van der Waals surface area contributed by atoms with Gasteiger partial charge >= 0.3 is 11.4 Å². The van der Waals surface area contributed by atoms with Crippen LogP contribution < -0.4 is 0 Å². The Hall–Kier alpha value is -1.98. The standard InChI is InChI=1S/C13H16N2O4/c1-12(2)7-8-5-10(14(16)17)11(15(18)19)6-9(8)13(12,3)4/h5-6H,7H2,1-4H3. The Balaban J connectivity index is 2.73. The van der Waals surface area contributed by atoms with Gasteiger partial charge in [0.2, 0.25) is 0 Å². The van der Waals surface area contributed by atoms with Gasteiger partial charge in [0.05, 0.1) is 9.85 Å². The molecule has 1 aliphatic rings. The van der Waals surface area contributed by atoms with Gasteiger partial charge in [0.25, 0.3) is 0 Å². The minimum Gasteiger partial charge on any atom is -0.258 e. The Labute approximate surface area is 110 Å². The second-order valence-electron chi connectivity index (χ2n) is 6.20. The second kappa shape index (κ2) is 3.76. The zero-order valence-corrected chi connectivity index (χ0v) is 11.4. The minimum atomic E-state index is -0.684. The van der Waals surface area contributed by atoms with E-state index in [1.54, 1.807) is 0 Å². The largest absolute Gasteiger partial charge is 0.346 e. The summed E-state index contributed by atoms with van der Waals surface area (Å²) in [6.45, 7) is 8.19. The van der Waals surface area contributed by atoms with Crippen LogP contribution in [0.5, 0.6) is 0 Å². The van der Waals surface area contributed by atoms with Crippen LogP contribution in [0.1, 0.15) is 38.8 Å². The van der Waals surface area contributed by atoms with E-state index >= 15 is 0 Å². The molecule has 0 radical (unpaired) electrons. The SMILES string of the molecule is CC1(C)Cc2cc([N+](=O)[O-])c([N+](=O)[O-])cc2C1(C)C. The van der Waals surface area contributed by atoms with Gasteiger partial charge in [-0.2, -0.15) is 0 Å². The van der Waals surface area contributed by atoms with Crippen molar-refractivity contribution in [2.45, 2.75) is 39.5 Å². The van der Waals surface area contributed by atoms with Crippen LogP contribution in [0.3, 0.4) is 0 Å². The molecule has 102 valence electrons. The molecule has 1 aromatic rings. The van der Waals surface area contributed by atoms with Gasteiger partial charge in [0.1, 0.15) is 0 Å². The van der Waals surface area contributed by atoms with Crippen molar-refractivity contribution in [2.75, 3.05) is 0 Å². The number of rotatable bonds is 2. The summed E-state index contributed by atoms with van der Waals surface area (Å²) in [5.74, 6) is 0. The number of benzene rings is 1. The average molecular weight is 264 g/mol. The Morgan fingerprint density at radius 1 is 1.00 bits per heavy atom. The molecule has 0 saturated heterocycles. The third-order valence-corrected chi connectivity index (χ3v) is 4.59. The van der Waals surface area contributed by atoms with Crippen molar-refractivity contribution in [1.82, 2.24) is 0 Å². The summed E-state index contributed by atoms with van der Waals surface area (Å²) in [7, 11) is 0. The van der Waals surface area contributed by atoms with E-state index in [-0.39, 0.29) is 10.8 Å². The molecule has 0 aromatic heterocycles. The van der Waals surface area contributed by atoms with Crippen LogP contribution >= 0.6 is 0 Å². The highest BCUT2D eigenvalue weighted by molar-refractivity contribution is 5.60. The van der Waals surface area contributed by atoms with Crippen molar-refractivity contribution < 1.29 is 9.85 Å². The van der Waals surface area contributed by atoms with Crippen LogP contribution in [0.4, 0.5) is 11.4 Å². The molecule has 0 bridgehead atoms. The van der Waals surface area contributed by atoms with E-state index in [1.807, 2.05) is 13.8 Å². The van der Waals surface area contributed by atoms with E-state index in [2.05, 4.69) is 13.8 Å². The fourth-order valence-corrected chi connectivity index (χ4v) is 2.70. The number of fused-ring (bicyclic) bond motifs is 1. The molecule has 0 atom stereocenters. The third kappa shape index (κ3) is 1.78. The molecular weight excluding hydrogens is 248 g/mol. The number of nitro benzene ring substituents is 2. The molecule has 0 aliphatic heterocycles. The fourth-order valence-electron chi connectivity index (χ4n) is 2.70. The van der Waals surface area contributed by atoms with Gasteiger partial charge in [-0.3, -0.25) is 20.2 Å². The van der Waals surface area contributed by atoms with Gasteiger partial charge < -0.3 is 0 Å². The lowest BCUT2D eigenvalue weighted by Gasteiger charge is -2.35. The summed E-state index contributed by atoms with van der Waals surface area (Å²) in [4.78, 5) is 20.6. The van der Waals surface area contributed by atoms with Gasteiger partial charge in [-0.05, 0) is 28.4 Å². The molecule has 19 heavy (non-hydrogen) atoms. The van der Waals surface area contributed by atoms with Gasteiger partial charge in [-0.15, -0.1) is 0 Å². The highest BCUT2D eigenvalue weighted by atomic mass is 16.6. The normalized spacial score (nSPS) is 18.9. The highest BCUT2D eigenvalue weighted by Gasteiger charge is 2.47. The molecular formula is C13H16N2O4. The maximum Gasteiger partial charge on any atom is 0.346 e. The van der Waals surface area contributed by atoms with E-state index in [1.165, 1.54) is 12.1 Å². The molecule has 0 amide bonds. The molecule has 6 nitrogen and oxygen atoms in total. The molecule has 0 unspecified atom stereocenters. The van der Waals surface area contributed by atoms with Crippen molar-refractivity contribution in [2.24, 2.45) is 5.41 Å². The average Bonchev–Trinajstić information content (AvgIpc) is 2.43. The topological polar surface area (TPSA) is 86.3 Å². The molecule has 6 heteroatoms. The summed E-state index contributed by atoms with van der Waals surface area (Å²) >= 11 is 0. The number of nitrogens with zero attached hydrogens (tertiary/aromatic N) is 2. The molecule has 1 aromatic carbocycles. The van der Waals surface area contributed by atoms with E-state index in [0.717, 1.165) is 11.1 Å². The van der Waals surface area contributed by atoms with Crippen molar-refractivity contribution in [3.8, 4) is 0 Å². The quantitative estimate of drug-likeness (QED) is 0.605. The van der Waals surface area contributed by atoms with Crippen LogP contribution in [0.15, 0.2) is 12.1 Å². The molecule has 0 heterocycles. The molecule has 0 fully saturated rings. The number of hydrogen-bond donors (Lipinski definition) is 0. The first kappa shape index (κ1) is 13.5. The first-order valence-corrected chi connectivity index (χ1v) is 6.04. The van der Waals surface area contributed by atoms with E-state index in [4.69, 9.17) is 0 Å². The van der Waals surface area contributed by atoms with Crippen molar-refractivity contribution in [1.29, 1.82) is 0 Å². The van der Waals surface area contributed by atoms with Crippen molar-refractivity contribution in [3.63, 3.8) is 0 Å². The third-order valence-electron chi connectivity index (χ3n) is 4.59. The molecule has 1 aliphatic carbocycles. The minimum absolute atomic E-state index is 0.0849. The van der Waals surface area contributed by atoms with E-state index in [0.29, 0.717) is 6.42 Å². The van der Waals surface area contributed by atoms with Crippen LogP contribution in [0.2, 0.25) is 0 Å². The zero-order chi connectivity index (χ0) is 14.6. The van der Waals surface area contributed by atoms with Gasteiger partial charge in [0.15, 0.2) is 0 Å². The lowest BCUT2D eigenvalue weighted by Crippen LogP contribution is -2.32. The smallest absolute Gasteiger partial charge is 0.258 e. The Bertz CT molecular complexity index is 591. The maximum absolute atomic E-state index is 11.0. The molecule has 2 rings (SSSR count). The maximum atomic E-state index is 11.0. The predicted molar refractivity (Wildman–Crippen MR) is 70.3 cm³/mol. The molecule has 0 N–H and O–H groups in total. The molecule has 0 saturated carbocycles. The van der Waals surface area contributed by atoms with Crippen molar-refractivity contribution >= 4 is 11.4 Å². The lowest BCUT2D eigenvalue weighted by atomic mass is 9.69. The van der Waals surface area contributed by atoms with Crippen LogP contribution in [-0.4, -0.2) is 9.85 Å². The van der Waals surface area contributed by atoms with Crippen LogP contribution in [0.25, 0.3) is 0 Å². The summed E-state index contributed by atoms with van der Waals surface area (Å²) in [5.41, 5.74) is 0.509. The highest BCUT2D eigenvalue weighted by Crippen LogP contribution is 2.53. The Morgan fingerprint density at radius 3 is 1.95 bits per heavy atom. The predicted octanol–water partition coefficient (Wildman–Crippen LogP) is 3.36. The summed E-state index contributed by atoms with van der Waals surface area (Å²) in [5, 5.41) is 21.9. The number of hydrogen-bond acceptors (Lipinski definition) is 4. The van der Waals surface area contributed by atoms with Gasteiger partial charge in [-0.1, -0.05) is 27.7 Å². The van der Waals surface area contributed by atoms with Gasteiger partial charge in [-0.25, -0.2) is 0 Å². The monoisotopic (exact) mass is 264 g/mol. The van der Waals surface area contributed by atoms with Gasteiger partial charge in [0, 0.05) is 12.1 Å². The summed E-state index contributed by atoms with van der Waals surface area (Å²) < 4.78 is 0. The van der Waals surface area contributed by atoms with E-state index in [9.17, 15) is 20.2 Å². The van der Waals surface area contributed by atoms with E-state index < -0.39 is 21.2 Å². The fraction of sp³-hybridized carbons (Fsp3) is 0.538. The Kier molecular flexibility index (Phi) is 2.66. The summed E-state index contributed by atoms with van der Waals surface area (Å²) in [6.07, 6.45) is 0.689. The number of nitro groups is 2. The zero-order valence-electron chi connectivity index (χ0n) is 11.4. The second-order valence-corrected chi connectivity index (χ2v) is 6.20. The summed E-state index contributed by atoms with van der Waals surface area (Å²) in [6, 6.07) is 2.74. The van der Waals surface area contributed by atoms with Crippen LogP contribution in [-0.2, 0) is 11.8 Å². The lowest BCUT2D eigenvalue weighted by molar-refractivity contribution is -0.422.